The minimum absolute atomic E-state index is 0. The van der Waals surface area contributed by atoms with Crippen LogP contribution in [-0.4, -0.2) is 27.1 Å². The van der Waals surface area contributed by atoms with Gasteiger partial charge in [-0.15, -0.1) is 18.8 Å². The van der Waals surface area contributed by atoms with E-state index in [9.17, 15) is 9.59 Å². The van der Waals surface area contributed by atoms with Crippen molar-refractivity contribution in [3.8, 4) is 12.3 Å². The van der Waals surface area contributed by atoms with E-state index < -0.39 is 18.0 Å². The summed E-state index contributed by atoms with van der Waals surface area (Å²) in [5.74, 6) is 1.41. The Morgan fingerprint density at radius 3 is 2.73 bits per heavy atom. The Balaban J connectivity index is 0.00000259. The molecule has 0 bridgehead atoms. The molecule has 1 atom stereocenters. The van der Waals surface area contributed by atoms with E-state index in [-0.39, 0.29) is 35.5 Å². The number of aromatic nitrogens is 2. The number of terminal acetylenes is 1. The Morgan fingerprint density at radius 1 is 1.18 bits per heavy atom. The normalized spacial score (nSPS) is 14.5. The van der Waals surface area contributed by atoms with E-state index in [2.05, 4.69) is 21.2 Å². The fraction of sp³-hybridized carbons (Fsp3) is 0.0417. The number of hydrogen-bond donors (Lipinski definition) is 3. The van der Waals surface area contributed by atoms with Crippen LogP contribution in [-0.2, 0) is 0 Å². The molecule has 2 amide bonds. The number of anilines is 2. The van der Waals surface area contributed by atoms with Gasteiger partial charge in [0.15, 0.2) is 5.82 Å². The predicted molar refractivity (Wildman–Crippen MR) is 124 cm³/mol. The molecule has 0 saturated carbocycles. The molecule has 1 aliphatic rings. The molecule has 0 fully saturated rings. The van der Waals surface area contributed by atoms with E-state index in [0.29, 0.717) is 22.2 Å². The van der Waals surface area contributed by atoms with Gasteiger partial charge in [-0.2, -0.15) is 0 Å². The molecule has 7 nitrogen and oxygen atoms in total. The molecular formula is C24H16ClFN4O3. The molecule has 1 aromatic heterocycles. The highest BCUT2D eigenvalue weighted by molar-refractivity contribution is 6.12. The average Bonchev–Trinajstić information content (AvgIpc) is 3.31. The van der Waals surface area contributed by atoms with Gasteiger partial charge in [0.2, 0.25) is 5.95 Å². The number of halogens is 2. The van der Waals surface area contributed by atoms with Gasteiger partial charge < -0.3 is 10.1 Å². The lowest BCUT2D eigenvalue weighted by atomic mass is 9.97. The molecule has 0 spiro atoms. The van der Waals surface area contributed by atoms with Crippen LogP contribution in [0.25, 0.3) is 11.0 Å². The number of nitrogens with zero attached hydrogens (tertiary/aromatic N) is 2. The molecule has 2 heterocycles. The topological polar surface area (TPSA) is 98.3 Å². The molecule has 9 heteroatoms. The van der Waals surface area contributed by atoms with Gasteiger partial charge in [-0.05, 0) is 41.5 Å². The van der Waals surface area contributed by atoms with Gasteiger partial charge in [0.25, 0.3) is 5.91 Å². The van der Waals surface area contributed by atoms with Crippen LogP contribution in [0.2, 0.25) is 0 Å². The fourth-order valence-corrected chi connectivity index (χ4v) is 4.06. The summed E-state index contributed by atoms with van der Waals surface area (Å²) in [5.41, 5.74) is 3.15. The largest absolute Gasteiger partial charge is 0.465 e. The summed E-state index contributed by atoms with van der Waals surface area (Å²) in [6, 6.07) is 16.4. The lowest BCUT2D eigenvalue weighted by Crippen LogP contribution is -2.29. The zero-order chi connectivity index (χ0) is 22.4. The lowest BCUT2D eigenvalue weighted by molar-refractivity contribution is 0.0992. The zero-order valence-corrected chi connectivity index (χ0v) is 17.7. The number of H-pyrrole nitrogens is 1. The molecule has 0 saturated heterocycles. The van der Waals surface area contributed by atoms with Crippen molar-refractivity contribution in [2.45, 2.75) is 6.04 Å². The lowest BCUT2D eigenvalue weighted by Gasteiger charge is -2.26. The summed E-state index contributed by atoms with van der Waals surface area (Å²) in [6.07, 6.45) is 4.19. The van der Waals surface area contributed by atoms with E-state index in [4.69, 9.17) is 11.5 Å². The van der Waals surface area contributed by atoms with Gasteiger partial charge in [0.05, 0.1) is 28.3 Å². The number of nitrogens with one attached hydrogen (secondary N) is 2. The van der Waals surface area contributed by atoms with E-state index in [1.807, 2.05) is 12.1 Å². The average molecular weight is 463 g/mol. The van der Waals surface area contributed by atoms with Crippen LogP contribution in [0.1, 0.15) is 33.1 Å². The van der Waals surface area contributed by atoms with Crippen LogP contribution < -0.4 is 10.2 Å². The first kappa shape index (κ1) is 21.9. The number of benzene rings is 3. The van der Waals surface area contributed by atoms with Crippen molar-refractivity contribution >= 4 is 47.1 Å². The highest BCUT2D eigenvalue weighted by Gasteiger charge is 2.40. The van der Waals surface area contributed by atoms with Gasteiger partial charge in [0, 0.05) is 5.56 Å². The van der Waals surface area contributed by atoms with Gasteiger partial charge in [-0.3, -0.25) is 15.0 Å². The van der Waals surface area contributed by atoms with Crippen molar-refractivity contribution in [2.24, 2.45) is 0 Å². The molecule has 4 aromatic rings. The van der Waals surface area contributed by atoms with E-state index >= 15 is 4.39 Å². The first-order valence-corrected chi connectivity index (χ1v) is 9.65. The summed E-state index contributed by atoms with van der Waals surface area (Å²) in [6.45, 7) is 0. The molecule has 0 radical (unpaired) electrons. The SMILES string of the molecule is C#Cc1cccc(N2C(=O)c3ccccc3C2c2ccc3[nH]c(NC(=O)O)nc3c2)c1F.Cl. The Bertz CT molecular complexity index is 1460. The third-order valence-electron chi connectivity index (χ3n) is 5.40. The van der Waals surface area contributed by atoms with Crippen LogP contribution in [0.5, 0.6) is 0 Å². The number of hydrogen-bond acceptors (Lipinski definition) is 3. The minimum atomic E-state index is -1.24. The van der Waals surface area contributed by atoms with Gasteiger partial charge in [-0.25, -0.2) is 14.2 Å². The van der Waals surface area contributed by atoms with E-state index in [0.717, 1.165) is 5.56 Å². The summed E-state index contributed by atoms with van der Waals surface area (Å²) in [5, 5.41) is 11.1. The van der Waals surface area contributed by atoms with Crippen molar-refractivity contribution in [3.05, 3.63) is 88.7 Å². The Labute approximate surface area is 193 Å². The van der Waals surface area contributed by atoms with Crippen molar-refractivity contribution in [1.29, 1.82) is 0 Å². The first-order chi connectivity index (χ1) is 15.5. The quantitative estimate of drug-likeness (QED) is 0.375. The molecule has 1 unspecified atom stereocenters. The number of carbonyl (C=O) groups is 2. The molecule has 3 aromatic carbocycles. The van der Waals surface area contributed by atoms with Crippen LogP contribution >= 0.6 is 12.4 Å². The molecule has 33 heavy (non-hydrogen) atoms. The van der Waals surface area contributed by atoms with Crippen LogP contribution in [0.15, 0.2) is 60.7 Å². The molecule has 0 aliphatic carbocycles. The van der Waals surface area contributed by atoms with Crippen molar-refractivity contribution < 1.29 is 19.1 Å². The Morgan fingerprint density at radius 2 is 1.97 bits per heavy atom. The summed E-state index contributed by atoms with van der Waals surface area (Å²) in [4.78, 5) is 32.8. The number of imidazole rings is 1. The molecule has 1 aliphatic heterocycles. The minimum Gasteiger partial charge on any atom is -0.465 e. The summed E-state index contributed by atoms with van der Waals surface area (Å²) in [7, 11) is 0. The maximum atomic E-state index is 15.2. The molecule has 164 valence electrons. The number of carbonyl (C=O) groups excluding carboxylic acids is 1. The third-order valence-corrected chi connectivity index (χ3v) is 5.40. The Hall–Kier alpha value is -4.35. The van der Waals surface area contributed by atoms with Crippen molar-refractivity contribution in [3.63, 3.8) is 0 Å². The first-order valence-electron chi connectivity index (χ1n) is 9.65. The van der Waals surface area contributed by atoms with Gasteiger partial charge in [0.1, 0.15) is 0 Å². The monoisotopic (exact) mass is 462 g/mol. The smallest absolute Gasteiger partial charge is 0.411 e. The number of amides is 2. The standard InChI is InChI=1S/C24H15FN4O3.ClH/c1-2-13-6-5-9-19(20(13)25)29-21(15-7-3-4-8-16(15)22(29)30)14-10-11-17-18(12-14)27-23(26-17)28-24(31)32;/h1,3-12,21H,(H,31,32)(H2,26,27,28);1H. The van der Waals surface area contributed by atoms with Crippen LogP contribution in [0.4, 0.5) is 20.8 Å². The number of carboxylic acid groups (broad SMARTS) is 1. The number of fused-ring (bicyclic) bond motifs is 2. The van der Waals surface area contributed by atoms with Crippen molar-refractivity contribution in [1.82, 2.24) is 9.97 Å². The highest BCUT2D eigenvalue weighted by Crippen LogP contribution is 2.43. The maximum absolute atomic E-state index is 15.2. The second-order valence-corrected chi connectivity index (χ2v) is 7.24. The van der Waals surface area contributed by atoms with Crippen molar-refractivity contribution in [2.75, 3.05) is 10.2 Å². The fourth-order valence-electron chi connectivity index (χ4n) is 4.06. The predicted octanol–water partition coefficient (Wildman–Crippen LogP) is 4.94. The Kier molecular flexibility index (Phi) is 5.50. The van der Waals surface area contributed by atoms with Gasteiger partial charge in [-0.1, -0.05) is 36.3 Å². The zero-order valence-electron chi connectivity index (χ0n) is 16.9. The summed E-state index contributed by atoms with van der Waals surface area (Å²) >= 11 is 0. The van der Waals surface area contributed by atoms with Gasteiger partial charge >= 0.3 is 6.09 Å². The highest BCUT2D eigenvalue weighted by atomic mass is 35.5. The molecular weight excluding hydrogens is 447 g/mol. The third kappa shape index (κ3) is 3.54. The second kappa shape index (κ2) is 8.30. The molecule has 3 N–H and O–H groups in total. The second-order valence-electron chi connectivity index (χ2n) is 7.24. The summed E-state index contributed by atoms with van der Waals surface area (Å²) < 4.78 is 15.2. The molecule has 5 rings (SSSR count). The number of aromatic amines is 1. The van der Waals surface area contributed by atoms with Crippen LogP contribution in [0.3, 0.4) is 0 Å². The van der Waals surface area contributed by atoms with Crippen LogP contribution in [0, 0.1) is 18.2 Å². The number of rotatable bonds is 3. The van der Waals surface area contributed by atoms with E-state index in [1.54, 1.807) is 36.4 Å². The maximum Gasteiger partial charge on any atom is 0.411 e. The van der Waals surface area contributed by atoms with E-state index in [1.165, 1.54) is 17.0 Å².